The smallest absolute Gasteiger partial charge is 0.126 e. The van der Waals surface area contributed by atoms with Gasteiger partial charge in [0.15, 0.2) is 0 Å². The van der Waals surface area contributed by atoms with Crippen molar-refractivity contribution in [3.63, 3.8) is 0 Å². The normalized spacial score (nSPS) is 12.2. The molecule has 0 aliphatic heterocycles. The van der Waals surface area contributed by atoms with Crippen LogP contribution in [0, 0.1) is 12.7 Å². The number of hydrogen-bond acceptors (Lipinski definition) is 3. The van der Waals surface area contributed by atoms with E-state index in [0.29, 0.717) is 12.2 Å². The summed E-state index contributed by atoms with van der Waals surface area (Å²) in [4.78, 5) is 0. The summed E-state index contributed by atoms with van der Waals surface area (Å²) in [6.07, 6.45) is 0.976. The molecule has 0 amide bonds. The zero-order valence-electron chi connectivity index (χ0n) is 12.4. The summed E-state index contributed by atoms with van der Waals surface area (Å²) in [7, 11) is 0. The Morgan fingerprint density at radius 3 is 2.38 bits per heavy atom. The molecule has 0 bridgehead atoms. The Morgan fingerprint density at radius 2 is 1.81 bits per heavy atom. The number of benzene rings is 2. The van der Waals surface area contributed by atoms with Crippen molar-refractivity contribution in [3.05, 3.63) is 65.0 Å². The summed E-state index contributed by atoms with van der Waals surface area (Å²) in [5, 5.41) is 0. The van der Waals surface area contributed by atoms with Gasteiger partial charge in [0, 0.05) is 0 Å². The molecule has 0 aromatic heterocycles. The van der Waals surface area contributed by atoms with E-state index in [2.05, 4.69) is 12.3 Å². The Labute approximate surface area is 124 Å². The molecule has 2 aromatic carbocycles. The zero-order valence-corrected chi connectivity index (χ0v) is 12.4. The first-order valence-electron chi connectivity index (χ1n) is 7.10. The van der Waals surface area contributed by atoms with Crippen molar-refractivity contribution in [3.8, 4) is 5.75 Å². The molecule has 2 rings (SSSR count). The molecular formula is C17H21FN2O. The van der Waals surface area contributed by atoms with E-state index in [-0.39, 0.29) is 11.9 Å². The van der Waals surface area contributed by atoms with E-state index in [0.717, 1.165) is 23.3 Å². The molecule has 0 spiro atoms. The Morgan fingerprint density at radius 1 is 1.14 bits per heavy atom. The van der Waals surface area contributed by atoms with Crippen LogP contribution in [0.5, 0.6) is 5.75 Å². The fourth-order valence-electron chi connectivity index (χ4n) is 2.21. The molecule has 3 nitrogen and oxygen atoms in total. The molecule has 0 saturated heterocycles. The number of nitrogens with one attached hydrogen (secondary N) is 1. The van der Waals surface area contributed by atoms with E-state index in [1.165, 1.54) is 6.07 Å². The Bertz CT molecular complexity index is 584. The number of hydrogen-bond donors (Lipinski definition) is 2. The number of halogens is 1. The number of nitrogens with two attached hydrogens (primary N) is 1. The lowest BCUT2D eigenvalue weighted by molar-refractivity contribution is 0.317. The molecule has 4 heteroatoms. The average Bonchev–Trinajstić information content (AvgIpc) is 2.50. The molecule has 0 aliphatic rings. The first kappa shape index (κ1) is 15.5. The quantitative estimate of drug-likeness (QED) is 0.632. The van der Waals surface area contributed by atoms with Crippen LogP contribution in [0.4, 0.5) is 4.39 Å². The van der Waals surface area contributed by atoms with Crippen molar-refractivity contribution in [1.82, 2.24) is 5.43 Å². The highest BCUT2D eigenvalue weighted by atomic mass is 19.1. The van der Waals surface area contributed by atoms with Gasteiger partial charge in [-0.3, -0.25) is 5.84 Å². The minimum Gasteiger partial charge on any atom is -0.494 e. The van der Waals surface area contributed by atoms with Gasteiger partial charge in [-0.1, -0.05) is 31.2 Å². The minimum absolute atomic E-state index is 0.176. The van der Waals surface area contributed by atoms with E-state index in [1.807, 2.05) is 24.3 Å². The van der Waals surface area contributed by atoms with Crippen LogP contribution in [0.15, 0.2) is 42.5 Å². The van der Waals surface area contributed by atoms with E-state index >= 15 is 0 Å². The molecule has 21 heavy (non-hydrogen) atoms. The SMILES string of the molecule is CCCOc1ccc(C(NN)c2ccc(F)c(C)c2)cc1. The Hall–Kier alpha value is -1.91. The van der Waals surface area contributed by atoms with Gasteiger partial charge in [-0.2, -0.15) is 0 Å². The highest BCUT2D eigenvalue weighted by Gasteiger charge is 2.13. The van der Waals surface area contributed by atoms with Gasteiger partial charge in [0.2, 0.25) is 0 Å². The first-order chi connectivity index (χ1) is 10.2. The fourth-order valence-corrected chi connectivity index (χ4v) is 2.21. The van der Waals surface area contributed by atoms with E-state index in [4.69, 9.17) is 10.6 Å². The molecule has 1 atom stereocenters. The van der Waals surface area contributed by atoms with Gasteiger partial charge in [-0.15, -0.1) is 0 Å². The maximum Gasteiger partial charge on any atom is 0.126 e. The van der Waals surface area contributed by atoms with Gasteiger partial charge in [-0.05, 0) is 48.2 Å². The molecule has 0 heterocycles. The molecule has 0 radical (unpaired) electrons. The predicted molar refractivity (Wildman–Crippen MR) is 82.5 cm³/mol. The van der Waals surface area contributed by atoms with Crippen molar-refractivity contribution >= 4 is 0 Å². The summed E-state index contributed by atoms with van der Waals surface area (Å²) >= 11 is 0. The minimum atomic E-state index is -0.210. The maximum absolute atomic E-state index is 13.4. The van der Waals surface area contributed by atoms with Crippen molar-refractivity contribution in [2.75, 3.05) is 6.61 Å². The Kier molecular flexibility index (Phi) is 5.31. The summed E-state index contributed by atoms with van der Waals surface area (Å²) in [6.45, 7) is 4.52. The van der Waals surface area contributed by atoms with Crippen molar-refractivity contribution in [2.24, 2.45) is 5.84 Å². The predicted octanol–water partition coefficient (Wildman–Crippen LogP) is 3.48. The van der Waals surface area contributed by atoms with Crippen LogP contribution in [0.3, 0.4) is 0 Å². The van der Waals surface area contributed by atoms with Crippen LogP contribution >= 0.6 is 0 Å². The largest absolute Gasteiger partial charge is 0.494 e. The van der Waals surface area contributed by atoms with Gasteiger partial charge in [0.05, 0.1) is 12.6 Å². The van der Waals surface area contributed by atoms with Crippen LogP contribution in [0.2, 0.25) is 0 Å². The van der Waals surface area contributed by atoms with Crippen LogP contribution in [0.1, 0.15) is 36.1 Å². The van der Waals surface area contributed by atoms with E-state index < -0.39 is 0 Å². The lowest BCUT2D eigenvalue weighted by Gasteiger charge is -2.18. The molecule has 3 N–H and O–H groups in total. The van der Waals surface area contributed by atoms with Crippen LogP contribution < -0.4 is 16.0 Å². The molecule has 112 valence electrons. The standard InChI is InChI=1S/C17H21FN2O/c1-3-10-21-15-7-4-13(5-8-15)17(20-19)14-6-9-16(18)12(2)11-14/h4-9,11,17,20H,3,10,19H2,1-2H3. The molecule has 0 fully saturated rings. The highest BCUT2D eigenvalue weighted by Crippen LogP contribution is 2.25. The molecule has 2 aromatic rings. The number of hydrazine groups is 1. The topological polar surface area (TPSA) is 47.3 Å². The van der Waals surface area contributed by atoms with Gasteiger partial charge < -0.3 is 4.74 Å². The average molecular weight is 288 g/mol. The first-order valence-corrected chi connectivity index (χ1v) is 7.10. The zero-order chi connectivity index (χ0) is 15.2. The second kappa shape index (κ2) is 7.20. The third-order valence-electron chi connectivity index (χ3n) is 3.37. The van der Waals surface area contributed by atoms with Gasteiger partial charge >= 0.3 is 0 Å². The van der Waals surface area contributed by atoms with Crippen LogP contribution in [0.25, 0.3) is 0 Å². The lowest BCUT2D eigenvalue weighted by atomic mass is 9.97. The van der Waals surface area contributed by atoms with Crippen molar-refractivity contribution in [1.29, 1.82) is 0 Å². The summed E-state index contributed by atoms with van der Waals surface area (Å²) < 4.78 is 18.9. The van der Waals surface area contributed by atoms with Crippen molar-refractivity contribution in [2.45, 2.75) is 26.3 Å². The van der Waals surface area contributed by atoms with Gasteiger partial charge in [-0.25, -0.2) is 9.82 Å². The van der Waals surface area contributed by atoms with Crippen LogP contribution in [-0.2, 0) is 0 Å². The monoisotopic (exact) mass is 288 g/mol. The third kappa shape index (κ3) is 3.80. The molecule has 0 aliphatic carbocycles. The van der Waals surface area contributed by atoms with E-state index in [1.54, 1.807) is 19.1 Å². The summed E-state index contributed by atoms with van der Waals surface area (Å²) in [6, 6.07) is 12.6. The summed E-state index contributed by atoms with van der Waals surface area (Å²) in [5.41, 5.74) is 5.32. The molecule has 0 saturated carbocycles. The number of rotatable bonds is 6. The number of aryl methyl sites for hydroxylation is 1. The molecule has 1 unspecified atom stereocenters. The summed E-state index contributed by atoms with van der Waals surface area (Å²) in [5.74, 6) is 6.30. The Balaban J connectivity index is 2.22. The lowest BCUT2D eigenvalue weighted by Crippen LogP contribution is -2.28. The second-order valence-corrected chi connectivity index (χ2v) is 5.03. The maximum atomic E-state index is 13.4. The van der Waals surface area contributed by atoms with Gasteiger partial charge in [0.1, 0.15) is 11.6 Å². The van der Waals surface area contributed by atoms with Crippen molar-refractivity contribution < 1.29 is 9.13 Å². The van der Waals surface area contributed by atoms with Gasteiger partial charge in [0.25, 0.3) is 0 Å². The van der Waals surface area contributed by atoms with E-state index in [9.17, 15) is 4.39 Å². The second-order valence-electron chi connectivity index (χ2n) is 5.03. The number of ether oxygens (including phenoxy) is 1. The van der Waals surface area contributed by atoms with Crippen LogP contribution in [-0.4, -0.2) is 6.61 Å². The highest BCUT2D eigenvalue weighted by molar-refractivity contribution is 5.37. The third-order valence-corrected chi connectivity index (χ3v) is 3.37. The fraction of sp³-hybridized carbons (Fsp3) is 0.294. The molecular weight excluding hydrogens is 267 g/mol.